The molecule has 4 nitrogen and oxygen atoms in total. The fraction of sp³-hybridized carbons (Fsp3) is 0.100. The van der Waals surface area contributed by atoms with E-state index in [4.69, 9.17) is 4.42 Å². The number of oxazole rings is 1. The predicted molar refractivity (Wildman–Crippen MR) is 95.2 cm³/mol. The topological polar surface area (TPSA) is 37.3 Å². The van der Waals surface area contributed by atoms with Crippen molar-refractivity contribution in [2.75, 3.05) is 4.90 Å². The van der Waals surface area contributed by atoms with Gasteiger partial charge in [-0.05, 0) is 24.3 Å². The monoisotopic (exact) mass is 319 g/mol. The molecule has 2 aromatic carbocycles. The van der Waals surface area contributed by atoms with Crippen molar-refractivity contribution in [2.45, 2.75) is 6.92 Å². The van der Waals surface area contributed by atoms with E-state index >= 15 is 0 Å². The lowest BCUT2D eigenvalue weighted by atomic mass is 10.3. The first kappa shape index (κ1) is 15.7. The Kier molecular flexibility index (Phi) is 4.57. The fourth-order valence-electron chi connectivity index (χ4n) is 2.50. The van der Waals surface area contributed by atoms with Crippen molar-refractivity contribution < 1.29 is 13.8 Å². The zero-order valence-corrected chi connectivity index (χ0v) is 13.7. The Labute approximate surface area is 140 Å². The van der Waals surface area contributed by atoms with Crippen molar-refractivity contribution in [3.05, 3.63) is 78.8 Å². The molecule has 3 aromatic rings. The quantitative estimate of drug-likeness (QED) is 0.541. The molecule has 0 aliphatic heterocycles. The van der Waals surface area contributed by atoms with Crippen molar-refractivity contribution in [2.24, 2.45) is 7.05 Å². The summed E-state index contributed by atoms with van der Waals surface area (Å²) in [7, 11) is 1.96. The lowest BCUT2D eigenvalue weighted by molar-refractivity contribution is -0.652. The van der Waals surface area contributed by atoms with Gasteiger partial charge in [0, 0.05) is 24.9 Å². The van der Waals surface area contributed by atoms with Crippen molar-refractivity contribution in [3.63, 3.8) is 0 Å². The summed E-state index contributed by atoms with van der Waals surface area (Å²) in [5, 5.41) is 0. The van der Waals surface area contributed by atoms with E-state index in [1.54, 1.807) is 18.0 Å². The van der Waals surface area contributed by atoms with Crippen LogP contribution in [0.25, 0.3) is 17.2 Å². The second kappa shape index (κ2) is 6.96. The van der Waals surface area contributed by atoms with Crippen LogP contribution in [0.5, 0.6) is 0 Å². The van der Waals surface area contributed by atoms with Crippen LogP contribution in [0.15, 0.2) is 77.4 Å². The minimum atomic E-state index is -0.0415. The number of aryl methyl sites for hydroxylation is 1. The SMILES string of the molecule is CC(=O)N(/C=C/C=C/c1oc2ccccc2[n+]1C)c1ccccc1. The Balaban J connectivity index is 1.80. The largest absolute Gasteiger partial charge is 0.398 e. The summed E-state index contributed by atoms with van der Waals surface area (Å²) in [4.78, 5) is 13.4. The molecule has 0 saturated heterocycles. The van der Waals surface area contributed by atoms with E-state index in [2.05, 4.69) is 0 Å². The molecule has 24 heavy (non-hydrogen) atoms. The molecule has 1 amide bonds. The molecule has 0 unspecified atom stereocenters. The Bertz CT molecular complexity index is 908. The van der Waals surface area contributed by atoms with Gasteiger partial charge in [-0.3, -0.25) is 9.69 Å². The molecule has 0 aliphatic carbocycles. The molecule has 3 rings (SSSR count). The lowest BCUT2D eigenvalue weighted by Crippen LogP contribution is -2.29. The third-order valence-electron chi connectivity index (χ3n) is 3.73. The van der Waals surface area contributed by atoms with E-state index in [0.717, 1.165) is 22.7 Å². The summed E-state index contributed by atoms with van der Waals surface area (Å²) in [6, 6.07) is 17.4. The number of aromatic nitrogens is 1. The summed E-state index contributed by atoms with van der Waals surface area (Å²) in [5.41, 5.74) is 2.72. The number of benzene rings is 2. The van der Waals surface area contributed by atoms with Gasteiger partial charge in [0.2, 0.25) is 11.5 Å². The summed E-state index contributed by atoms with van der Waals surface area (Å²) in [5.74, 6) is 0.704. The number of anilines is 1. The number of rotatable bonds is 4. The number of fused-ring (bicyclic) bond motifs is 1. The van der Waals surface area contributed by atoms with Gasteiger partial charge in [0.15, 0.2) is 0 Å². The van der Waals surface area contributed by atoms with E-state index in [9.17, 15) is 4.79 Å². The summed E-state index contributed by atoms with van der Waals surface area (Å²) in [6.07, 6.45) is 7.30. The molecule has 1 heterocycles. The maximum absolute atomic E-state index is 11.8. The number of allylic oxidation sites excluding steroid dienone is 2. The number of hydrogen-bond donors (Lipinski definition) is 0. The fourth-order valence-corrected chi connectivity index (χ4v) is 2.50. The molecule has 0 aliphatic rings. The standard InChI is InChI=1S/C20H19N2O2/c1-16(23)22(17-10-4-3-5-11-17)15-9-8-14-20-21(2)18-12-6-7-13-19(18)24-20/h3-15H,1-2H3/q+1. The van der Waals surface area contributed by atoms with Gasteiger partial charge in [-0.2, -0.15) is 4.57 Å². The molecule has 0 atom stereocenters. The predicted octanol–water partition coefficient (Wildman–Crippen LogP) is 3.84. The van der Waals surface area contributed by atoms with Crippen molar-refractivity contribution in [3.8, 4) is 0 Å². The van der Waals surface area contributed by atoms with Gasteiger partial charge in [0.1, 0.15) is 7.05 Å². The van der Waals surface area contributed by atoms with Crippen LogP contribution in [-0.4, -0.2) is 5.91 Å². The number of carbonyl (C=O) groups excluding carboxylic acids is 1. The molecule has 0 N–H and O–H groups in total. The highest BCUT2D eigenvalue weighted by Crippen LogP contribution is 2.15. The highest BCUT2D eigenvalue weighted by molar-refractivity contribution is 5.93. The van der Waals surface area contributed by atoms with Gasteiger partial charge in [-0.15, -0.1) is 0 Å². The average molecular weight is 319 g/mol. The molecule has 120 valence electrons. The third-order valence-corrected chi connectivity index (χ3v) is 3.73. The second-order valence-electron chi connectivity index (χ2n) is 5.39. The second-order valence-corrected chi connectivity index (χ2v) is 5.39. The van der Waals surface area contributed by atoms with Crippen LogP contribution in [0.1, 0.15) is 12.8 Å². The van der Waals surface area contributed by atoms with E-state index in [0.29, 0.717) is 0 Å². The Morgan fingerprint density at radius 3 is 2.46 bits per heavy atom. The van der Waals surface area contributed by atoms with Crippen LogP contribution in [0.3, 0.4) is 0 Å². The van der Waals surface area contributed by atoms with Gasteiger partial charge < -0.3 is 4.42 Å². The van der Waals surface area contributed by atoms with Crippen LogP contribution >= 0.6 is 0 Å². The highest BCUT2D eigenvalue weighted by Gasteiger charge is 2.14. The van der Waals surface area contributed by atoms with Crippen molar-refractivity contribution in [1.29, 1.82) is 0 Å². The van der Waals surface area contributed by atoms with Gasteiger partial charge >= 0.3 is 5.89 Å². The summed E-state index contributed by atoms with van der Waals surface area (Å²) >= 11 is 0. The molecular formula is C20H19N2O2+. The summed E-state index contributed by atoms with van der Waals surface area (Å²) in [6.45, 7) is 1.54. The van der Waals surface area contributed by atoms with Crippen LogP contribution in [-0.2, 0) is 11.8 Å². The first-order valence-electron chi connectivity index (χ1n) is 7.74. The zero-order chi connectivity index (χ0) is 16.9. The molecule has 4 heteroatoms. The van der Waals surface area contributed by atoms with Crippen LogP contribution < -0.4 is 9.47 Å². The first-order valence-corrected chi connectivity index (χ1v) is 7.74. The Morgan fingerprint density at radius 2 is 1.75 bits per heavy atom. The van der Waals surface area contributed by atoms with Gasteiger partial charge in [-0.1, -0.05) is 36.4 Å². The molecule has 0 radical (unpaired) electrons. The van der Waals surface area contributed by atoms with Crippen LogP contribution in [0.4, 0.5) is 5.69 Å². The Morgan fingerprint density at radius 1 is 1.04 bits per heavy atom. The van der Waals surface area contributed by atoms with Gasteiger partial charge in [-0.25, -0.2) is 0 Å². The minimum Gasteiger partial charge on any atom is -0.398 e. The minimum absolute atomic E-state index is 0.0415. The molecular weight excluding hydrogens is 300 g/mol. The average Bonchev–Trinajstić information content (AvgIpc) is 2.92. The van der Waals surface area contributed by atoms with Crippen LogP contribution in [0.2, 0.25) is 0 Å². The van der Waals surface area contributed by atoms with E-state index < -0.39 is 0 Å². The lowest BCUT2D eigenvalue weighted by Gasteiger charge is -2.15. The molecule has 0 spiro atoms. The first-order chi connectivity index (χ1) is 11.7. The number of nitrogens with zero attached hydrogens (tertiary/aromatic N) is 2. The molecule has 0 bridgehead atoms. The summed E-state index contributed by atoms with van der Waals surface area (Å²) < 4.78 is 7.79. The smallest absolute Gasteiger partial charge is 0.373 e. The molecule has 0 fully saturated rings. The normalized spacial score (nSPS) is 11.6. The number of hydrogen-bond acceptors (Lipinski definition) is 2. The van der Waals surface area contributed by atoms with Crippen molar-refractivity contribution in [1.82, 2.24) is 0 Å². The Hall–Kier alpha value is -3.14. The van der Waals surface area contributed by atoms with Gasteiger partial charge in [0.05, 0.1) is 6.08 Å². The maximum Gasteiger partial charge on any atom is 0.373 e. The number of para-hydroxylation sites is 3. The number of carbonyl (C=O) groups is 1. The van der Waals surface area contributed by atoms with E-state index in [1.165, 1.54) is 0 Å². The molecule has 1 aromatic heterocycles. The molecule has 0 saturated carbocycles. The van der Waals surface area contributed by atoms with E-state index in [-0.39, 0.29) is 5.91 Å². The maximum atomic E-state index is 11.8. The van der Waals surface area contributed by atoms with Crippen molar-refractivity contribution >= 4 is 28.8 Å². The van der Waals surface area contributed by atoms with Crippen LogP contribution in [0, 0.1) is 0 Å². The highest BCUT2D eigenvalue weighted by atomic mass is 16.3. The number of amides is 1. The van der Waals surface area contributed by atoms with Gasteiger partial charge in [0.25, 0.3) is 5.52 Å². The zero-order valence-electron chi connectivity index (χ0n) is 13.7. The van der Waals surface area contributed by atoms with E-state index in [1.807, 2.05) is 84.4 Å². The third kappa shape index (κ3) is 3.27.